The number of rotatable bonds is 4. The van der Waals surface area contributed by atoms with E-state index in [0.29, 0.717) is 18.9 Å². The molecule has 0 saturated carbocycles. The second-order valence-electron chi connectivity index (χ2n) is 3.57. The van der Waals surface area contributed by atoms with Gasteiger partial charge in [-0.3, -0.25) is 0 Å². The summed E-state index contributed by atoms with van der Waals surface area (Å²) in [5.74, 6) is -5.48. The van der Waals surface area contributed by atoms with Gasteiger partial charge in [-0.2, -0.15) is 0 Å². The summed E-state index contributed by atoms with van der Waals surface area (Å²) in [5, 5.41) is 0. The van der Waals surface area contributed by atoms with Crippen LogP contribution in [0.5, 0.6) is 0 Å². The van der Waals surface area contributed by atoms with Gasteiger partial charge in [-0.1, -0.05) is 13.8 Å². The van der Waals surface area contributed by atoms with Crippen molar-refractivity contribution in [2.75, 3.05) is 0 Å². The van der Waals surface area contributed by atoms with Crippen LogP contribution in [-0.4, -0.2) is 12.1 Å². The van der Waals surface area contributed by atoms with E-state index in [1.165, 1.54) is 0 Å². The SMILES string of the molecule is CCC(CC)OC(=O)c1ccc(F)c(F)c1F. The predicted octanol–water partition coefficient (Wildman–Crippen LogP) is 3.45. The molecule has 0 spiro atoms. The fourth-order valence-corrected chi connectivity index (χ4v) is 1.35. The minimum absolute atomic E-state index is 0.352. The molecule has 0 aliphatic rings. The highest BCUT2D eigenvalue weighted by Crippen LogP contribution is 2.17. The predicted molar refractivity (Wildman–Crippen MR) is 56.1 cm³/mol. The first-order valence-electron chi connectivity index (χ1n) is 5.35. The highest BCUT2D eigenvalue weighted by atomic mass is 19.2. The summed E-state index contributed by atoms with van der Waals surface area (Å²) >= 11 is 0. The Hall–Kier alpha value is -1.52. The normalized spacial score (nSPS) is 10.7. The average molecular weight is 246 g/mol. The summed E-state index contributed by atoms with van der Waals surface area (Å²) in [6.45, 7) is 3.62. The Bertz CT molecular complexity index is 414. The summed E-state index contributed by atoms with van der Waals surface area (Å²) in [5.41, 5.74) is -0.587. The molecule has 0 amide bonds. The third kappa shape index (κ3) is 2.99. The standard InChI is InChI=1S/C12H13F3O2/c1-3-7(4-2)17-12(16)8-5-6-9(13)11(15)10(8)14/h5-7H,3-4H2,1-2H3. The van der Waals surface area contributed by atoms with E-state index in [0.717, 1.165) is 6.07 Å². The highest BCUT2D eigenvalue weighted by molar-refractivity contribution is 5.89. The van der Waals surface area contributed by atoms with Crippen LogP contribution >= 0.6 is 0 Å². The van der Waals surface area contributed by atoms with E-state index in [-0.39, 0.29) is 6.10 Å². The third-order valence-electron chi connectivity index (χ3n) is 2.44. The second kappa shape index (κ2) is 5.70. The minimum atomic E-state index is -1.66. The highest BCUT2D eigenvalue weighted by Gasteiger charge is 2.21. The molecule has 0 unspecified atom stereocenters. The van der Waals surface area contributed by atoms with E-state index >= 15 is 0 Å². The molecule has 17 heavy (non-hydrogen) atoms. The zero-order chi connectivity index (χ0) is 13.0. The van der Waals surface area contributed by atoms with Gasteiger partial charge in [0, 0.05) is 0 Å². The molecule has 1 aromatic rings. The van der Waals surface area contributed by atoms with Crippen molar-refractivity contribution < 1.29 is 22.7 Å². The first-order valence-corrected chi connectivity index (χ1v) is 5.35. The molecular formula is C12H13F3O2. The van der Waals surface area contributed by atoms with Crippen LogP contribution in [-0.2, 0) is 4.74 Å². The van der Waals surface area contributed by atoms with Gasteiger partial charge in [0.1, 0.15) is 6.10 Å². The zero-order valence-electron chi connectivity index (χ0n) is 9.60. The fraction of sp³-hybridized carbons (Fsp3) is 0.417. The molecule has 0 atom stereocenters. The maximum absolute atomic E-state index is 13.3. The van der Waals surface area contributed by atoms with Crippen molar-refractivity contribution in [1.29, 1.82) is 0 Å². The van der Waals surface area contributed by atoms with Gasteiger partial charge in [0.2, 0.25) is 0 Å². The molecule has 94 valence electrons. The van der Waals surface area contributed by atoms with Gasteiger partial charge in [-0.05, 0) is 25.0 Å². The first-order chi connectivity index (χ1) is 8.01. The lowest BCUT2D eigenvalue weighted by Crippen LogP contribution is -2.18. The lowest BCUT2D eigenvalue weighted by Gasteiger charge is -2.14. The van der Waals surface area contributed by atoms with Gasteiger partial charge in [-0.15, -0.1) is 0 Å². The van der Waals surface area contributed by atoms with Crippen molar-refractivity contribution in [2.45, 2.75) is 32.8 Å². The number of esters is 1. The van der Waals surface area contributed by atoms with Crippen LogP contribution in [0.2, 0.25) is 0 Å². The minimum Gasteiger partial charge on any atom is -0.459 e. The number of hydrogen-bond donors (Lipinski definition) is 0. The van der Waals surface area contributed by atoms with Gasteiger partial charge in [-0.25, -0.2) is 18.0 Å². The van der Waals surface area contributed by atoms with Gasteiger partial charge in [0.15, 0.2) is 17.5 Å². The summed E-state index contributed by atoms with van der Waals surface area (Å²) in [6, 6.07) is 1.57. The monoisotopic (exact) mass is 246 g/mol. The van der Waals surface area contributed by atoms with Gasteiger partial charge in [0.05, 0.1) is 5.56 Å². The van der Waals surface area contributed by atoms with Gasteiger partial charge >= 0.3 is 5.97 Å². The summed E-state index contributed by atoms with van der Waals surface area (Å²) < 4.78 is 43.7. The lowest BCUT2D eigenvalue weighted by atomic mass is 10.2. The Morgan fingerprint density at radius 3 is 2.29 bits per heavy atom. The topological polar surface area (TPSA) is 26.3 Å². The van der Waals surface area contributed by atoms with Crippen LogP contribution in [0.15, 0.2) is 12.1 Å². The molecule has 2 nitrogen and oxygen atoms in total. The Kier molecular flexibility index (Phi) is 4.54. The molecule has 5 heteroatoms. The maximum atomic E-state index is 13.3. The van der Waals surface area contributed by atoms with Gasteiger partial charge in [0.25, 0.3) is 0 Å². The number of hydrogen-bond acceptors (Lipinski definition) is 2. The molecule has 1 rings (SSSR count). The molecule has 0 radical (unpaired) electrons. The molecule has 0 bridgehead atoms. The van der Waals surface area contributed by atoms with Crippen molar-refractivity contribution in [2.24, 2.45) is 0 Å². The van der Waals surface area contributed by atoms with E-state index < -0.39 is 29.0 Å². The molecule has 0 saturated heterocycles. The number of carbonyl (C=O) groups is 1. The van der Waals surface area contributed by atoms with E-state index in [1.807, 2.05) is 13.8 Å². The van der Waals surface area contributed by atoms with Crippen LogP contribution in [0.25, 0.3) is 0 Å². The Morgan fingerprint density at radius 2 is 1.76 bits per heavy atom. The first kappa shape index (κ1) is 13.5. The molecule has 0 N–H and O–H groups in total. The zero-order valence-corrected chi connectivity index (χ0v) is 9.60. The van der Waals surface area contributed by atoms with Gasteiger partial charge < -0.3 is 4.74 Å². The van der Waals surface area contributed by atoms with Crippen molar-refractivity contribution in [3.8, 4) is 0 Å². The van der Waals surface area contributed by atoms with Crippen LogP contribution in [0.4, 0.5) is 13.2 Å². The van der Waals surface area contributed by atoms with Crippen molar-refractivity contribution in [1.82, 2.24) is 0 Å². The van der Waals surface area contributed by atoms with Crippen LogP contribution in [0.3, 0.4) is 0 Å². The smallest absolute Gasteiger partial charge is 0.341 e. The van der Waals surface area contributed by atoms with Crippen molar-refractivity contribution >= 4 is 5.97 Å². The molecule has 0 aliphatic heterocycles. The number of halogens is 3. The van der Waals surface area contributed by atoms with Crippen LogP contribution in [0, 0.1) is 17.5 Å². The Labute approximate surface area is 97.4 Å². The molecule has 0 aromatic heterocycles. The van der Waals surface area contributed by atoms with Crippen molar-refractivity contribution in [3.63, 3.8) is 0 Å². The molecule has 0 fully saturated rings. The molecular weight excluding hydrogens is 233 g/mol. The second-order valence-corrected chi connectivity index (χ2v) is 3.57. The number of ether oxygens (including phenoxy) is 1. The summed E-state index contributed by atoms with van der Waals surface area (Å²) in [4.78, 5) is 11.5. The van der Waals surface area contributed by atoms with E-state index in [9.17, 15) is 18.0 Å². The fourth-order valence-electron chi connectivity index (χ4n) is 1.35. The Morgan fingerprint density at radius 1 is 1.18 bits per heavy atom. The van der Waals surface area contributed by atoms with E-state index in [2.05, 4.69) is 0 Å². The van der Waals surface area contributed by atoms with E-state index in [1.54, 1.807) is 0 Å². The number of carbonyl (C=O) groups excluding carboxylic acids is 1. The quantitative estimate of drug-likeness (QED) is 0.600. The summed E-state index contributed by atoms with van der Waals surface area (Å²) in [7, 11) is 0. The largest absolute Gasteiger partial charge is 0.459 e. The third-order valence-corrected chi connectivity index (χ3v) is 2.44. The molecule has 0 heterocycles. The average Bonchev–Trinajstić information content (AvgIpc) is 2.32. The number of benzene rings is 1. The van der Waals surface area contributed by atoms with Crippen LogP contribution in [0.1, 0.15) is 37.0 Å². The lowest BCUT2D eigenvalue weighted by molar-refractivity contribution is 0.0278. The Balaban J connectivity index is 2.93. The van der Waals surface area contributed by atoms with E-state index in [4.69, 9.17) is 4.74 Å². The van der Waals surface area contributed by atoms with Crippen molar-refractivity contribution in [3.05, 3.63) is 35.1 Å². The summed E-state index contributed by atoms with van der Waals surface area (Å²) in [6.07, 6.45) is 0.802. The maximum Gasteiger partial charge on any atom is 0.341 e. The molecule has 1 aromatic carbocycles. The van der Waals surface area contributed by atoms with Crippen LogP contribution < -0.4 is 0 Å². The molecule has 0 aliphatic carbocycles.